The van der Waals surface area contributed by atoms with Crippen LogP contribution in [0.5, 0.6) is 0 Å². The molecule has 3 aromatic rings. The molecule has 0 bridgehead atoms. The lowest BCUT2D eigenvalue weighted by atomic mass is 9.76. The van der Waals surface area contributed by atoms with Gasteiger partial charge in [-0.1, -0.05) is 25.1 Å². The smallest absolute Gasteiger partial charge is 0.318 e. The molecule has 1 aliphatic carbocycles. The highest BCUT2D eigenvalue weighted by Gasteiger charge is 2.34. The van der Waals surface area contributed by atoms with E-state index < -0.39 is 11.8 Å². The average Bonchev–Trinajstić information content (AvgIpc) is 3.00. The van der Waals surface area contributed by atoms with E-state index in [9.17, 15) is 9.18 Å². The second-order valence-electron chi connectivity index (χ2n) is 9.27. The Labute approximate surface area is 182 Å². The number of rotatable bonds is 3. The first-order valence-electron chi connectivity index (χ1n) is 10.5. The Morgan fingerprint density at radius 3 is 2.29 bits per heavy atom. The third-order valence-corrected chi connectivity index (χ3v) is 5.67. The van der Waals surface area contributed by atoms with Crippen LogP contribution >= 0.6 is 0 Å². The number of aryl methyl sites for hydroxylation is 3. The monoisotopic (exact) mass is 418 g/mol. The lowest BCUT2D eigenvalue weighted by molar-refractivity contribution is 0.0514. The van der Waals surface area contributed by atoms with Crippen molar-refractivity contribution in [1.82, 2.24) is 4.57 Å². The molecule has 5 heteroatoms. The van der Waals surface area contributed by atoms with Gasteiger partial charge in [-0.05, 0) is 92.6 Å². The molecule has 0 saturated carbocycles. The van der Waals surface area contributed by atoms with E-state index in [1.54, 1.807) is 0 Å². The quantitative estimate of drug-likeness (QED) is 0.382. The predicted molar refractivity (Wildman–Crippen MR) is 120 cm³/mol. The van der Waals surface area contributed by atoms with Crippen LogP contribution in [-0.2, 0) is 11.3 Å². The zero-order valence-corrected chi connectivity index (χ0v) is 18.6. The Bertz CT molecular complexity index is 1170. The Hall–Kier alpha value is -3.21. The van der Waals surface area contributed by atoms with Gasteiger partial charge in [0, 0.05) is 22.6 Å². The van der Waals surface area contributed by atoms with Gasteiger partial charge in [0.05, 0.1) is 11.3 Å². The number of fused-ring (bicyclic) bond motifs is 1. The molecular weight excluding hydrogens is 391 g/mol. The molecule has 0 saturated heterocycles. The van der Waals surface area contributed by atoms with Crippen LogP contribution in [0.25, 0.3) is 5.69 Å². The van der Waals surface area contributed by atoms with Crippen molar-refractivity contribution in [1.29, 1.82) is 0 Å². The minimum absolute atomic E-state index is 0.0322. The molecule has 0 amide bonds. The average molecular weight is 419 g/mol. The predicted octanol–water partition coefficient (Wildman–Crippen LogP) is 6.08. The minimum Gasteiger partial charge on any atom is -0.318 e. The second-order valence-corrected chi connectivity index (χ2v) is 9.27. The Kier molecular flexibility index (Phi) is 5.29. The number of hydrogen-bond donors (Lipinski definition) is 0. The van der Waals surface area contributed by atoms with Crippen LogP contribution in [0, 0.1) is 32.0 Å². The van der Waals surface area contributed by atoms with Crippen LogP contribution in [0.15, 0.2) is 53.7 Å². The summed E-state index contributed by atoms with van der Waals surface area (Å²) in [5, 5.41) is 4.26. The highest BCUT2D eigenvalue weighted by Crippen LogP contribution is 2.38. The van der Waals surface area contributed by atoms with Crippen molar-refractivity contribution < 1.29 is 14.0 Å². The zero-order chi connectivity index (χ0) is 22.3. The van der Waals surface area contributed by atoms with E-state index in [-0.39, 0.29) is 11.0 Å². The van der Waals surface area contributed by atoms with Gasteiger partial charge in [-0.25, -0.2) is 9.18 Å². The third-order valence-electron chi connectivity index (χ3n) is 5.67. The molecule has 2 aromatic carbocycles. The topological polar surface area (TPSA) is 43.6 Å². The van der Waals surface area contributed by atoms with Crippen LogP contribution < -0.4 is 0 Å². The first-order valence-corrected chi connectivity index (χ1v) is 10.5. The number of nitrogens with zero attached hydrogens (tertiary/aromatic N) is 2. The number of carbonyl (C=O) groups excluding carboxylic acids is 1. The summed E-state index contributed by atoms with van der Waals surface area (Å²) in [5.74, 6) is -0.993. The van der Waals surface area contributed by atoms with Crippen molar-refractivity contribution in [2.75, 3.05) is 0 Å². The summed E-state index contributed by atoms with van der Waals surface area (Å²) in [6.07, 6.45) is 1.60. The molecule has 0 fully saturated rings. The summed E-state index contributed by atoms with van der Waals surface area (Å²) < 4.78 is 15.4. The molecule has 0 unspecified atom stereocenters. The van der Waals surface area contributed by atoms with Crippen molar-refractivity contribution in [3.05, 3.63) is 88.0 Å². The number of aromatic nitrogens is 1. The van der Waals surface area contributed by atoms with Gasteiger partial charge in [0.25, 0.3) is 0 Å². The van der Waals surface area contributed by atoms with Gasteiger partial charge < -0.3 is 9.40 Å². The maximum atomic E-state index is 13.1. The highest BCUT2D eigenvalue weighted by molar-refractivity contribution is 6.03. The summed E-state index contributed by atoms with van der Waals surface area (Å²) in [6, 6.07) is 13.9. The molecule has 0 N–H and O–H groups in total. The van der Waals surface area contributed by atoms with E-state index in [1.165, 1.54) is 41.1 Å². The van der Waals surface area contributed by atoms with Crippen LogP contribution in [0.4, 0.5) is 4.39 Å². The standard InChI is InChI=1S/C26H27FN2O2/c1-16-10-17(2)12-21(11-16)29-18(3)13-22-23(14-26(4,5)15-24(22)29)28-31-25(30)19-6-8-20(27)9-7-19/h6-13H,14-15H2,1-5H3/b28-23+. The van der Waals surface area contributed by atoms with Crippen molar-refractivity contribution in [3.63, 3.8) is 0 Å². The maximum absolute atomic E-state index is 13.1. The highest BCUT2D eigenvalue weighted by atomic mass is 19.1. The van der Waals surface area contributed by atoms with Crippen LogP contribution in [0.1, 0.15) is 58.7 Å². The number of benzene rings is 2. The van der Waals surface area contributed by atoms with Gasteiger partial charge >= 0.3 is 5.97 Å². The maximum Gasteiger partial charge on any atom is 0.365 e. The van der Waals surface area contributed by atoms with Gasteiger partial charge in [-0.15, -0.1) is 0 Å². The van der Waals surface area contributed by atoms with E-state index in [2.05, 4.69) is 68.6 Å². The van der Waals surface area contributed by atoms with Gasteiger partial charge in [-0.2, -0.15) is 0 Å². The first kappa shape index (κ1) is 21.0. The van der Waals surface area contributed by atoms with Gasteiger partial charge in [0.1, 0.15) is 5.82 Å². The zero-order valence-electron chi connectivity index (χ0n) is 18.6. The molecule has 1 aromatic heterocycles. The van der Waals surface area contributed by atoms with E-state index in [1.807, 2.05) is 0 Å². The summed E-state index contributed by atoms with van der Waals surface area (Å²) in [7, 11) is 0. The lowest BCUT2D eigenvalue weighted by Crippen LogP contribution is -2.28. The van der Waals surface area contributed by atoms with Crippen LogP contribution in [0.3, 0.4) is 0 Å². The number of oxime groups is 1. The van der Waals surface area contributed by atoms with E-state index in [4.69, 9.17) is 4.84 Å². The second kappa shape index (κ2) is 7.80. The van der Waals surface area contributed by atoms with Crippen molar-refractivity contribution in [2.24, 2.45) is 10.6 Å². The molecule has 160 valence electrons. The van der Waals surface area contributed by atoms with Gasteiger partial charge in [-0.3, -0.25) is 0 Å². The molecule has 31 heavy (non-hydrogen) atoms. The summed E-state index contributed by atoms with van der Waals surface area (Å²) in [4.78, 5) is 17.7. The Balaban J connectivity index is 1.73. The molecule has 0 aliphatic heterocycles. The number of hydrogen-bond acceptors (Lipinski definition) is 3. The van der Waals surface area contributed by atoms with Crippen LogP contribution in [-0.4, -0.2) is 16.2 Å². The lowest BCUT2D eigenvalue weighted by Gasteiger charge is -2.31. The molecule has 4 nitrogen and oxygen atoms in total. The number of carbonyl (C=O) groups is 1. The third kappa shape index (κ3) is 4.31. The first-order chi connectivity index (χ1) is 14.6. The van der Waals surface area contributed by atoms with E-state index in [0.717, 1.165) is 29.1 Å². The number of halogens is 1. The molecule has 4 rings (SSSR count). The van der Waals surface area contributed by atoms with E-state index >= 15 is 0 Å². The van der Waals surface area contributed by atoms with Crippen molar-refractivity contribution in [3.8, 4) is 5.69 Å². The molecule has 1 heterocycles. The van der Waals surface area contributed by atoms with Crippen molar-refractivity contribution >= 4 is 11.7 Å². The summed E-state index contributed by atoms with van der Waals surface area (Å²) in [6.45, 7) is 10.7. The van der Waals surface area contributed by atoms with Crippen molar-refractivity contribution in [2.45, 2.75) is 47.5 Å². The SMILES string of the molecule is Cc1cc(C)cc(-n2c(C)cc3c2CC(C)(C)C/C3=N\OC(=O)c2ccc(F)cc2)c1. The largest absolute Gasteiger partial charge is 0.365 e. The fourth-order valence-corrected chi connectivity index (χ4v) is 4.43. The Morgan fingerprint density at radius 1 is 1.00 bits per heavy atom. The minimum atomic E-state index is -0.595. The molecule has 0 radical (unpaired) electrons. The van der Waals surface area contributed by atoms with E-state index in [0.29, 0.717) is 6.42 Å². The molecule has 0 spiro atoms. The van der Waals surface area contributed by atoms with Gasteiger partial charge in [0.2, 0.25) is 0 Å². The Morgan fingerprint density at radius 2 is 1.65 bits per heavy atom. The molecule has 1 aliphatic rings. The fourth-order valence-electron chi connectivity index (χ4n) is 4.43. The normalized spacial score (nSPS) is 16.3. The van der Waals surface area contributed by atoms with Crippen LogP contribution in [0.2, 0.25) is 0 Å². The molecular formula is C26H27FN2O2. The summed E-state index contributed by atoms with van der Waals surface area (Å²) in [5.41, 5.74) is 7.87. The molecule has 0 atom stereocenters. The fraction of sp³-hybridized carbons (Fsp3) is 0.308. The van der Waals surface area contributed by atoms with Gasteiger partial charge in [0.15, 0.2) is 0 Å². The summed E-state index contributed by atoms with van der Waals surface area (Å²) >= 11 is 0.